The summed E-state index contributed by atoms with van der Waals surface area (Å²) in [6.45, 7) is 1.78. The molecule has 5 nitrogen and oxygen atoms in total. The van der Waals surface area contributed by atoms with E-state index in [-0.39, 0.29) is 10.7 Å². The van der Waals surface area contributed by atoms with E-state index in [1.165, 1.54) is 6.07 Å². The van der Waals surface area contributed by atoms with Gasteiger partial charge in [0.2, 0.25) is 0 Å². The van der Waals surface area contributed by atoms with E-state index in [0.717, 1.165) is 11.3 Å². The maximum absolute atomic E-state index is 10.7. The Morgan fingerprint density at radius 2 is 2.25 bits per heavy atom. The van der Waals surface area contributed by atoms with Crippen molar-refractivity contribution in [2.24, 2.45) is 0 Å². The monoisotopic (exact) mass is 237 g/mol. The van der Waals surface area contributed by atoms with E-state index in [9.17, 15) is 10.1 Å². The van der Waals surface area contributed by atoms with Crippen molar-refractivity contribution in [1.82, 2.24) is 9.78 Å². The highest BCUT2D eigenvalue weighted by atomic mass is 35.5. The summed E-state index contributed by atoms with van der Waals surface area (Å²) in [5, 5.41) is 14.8. The molecule has 1 heterocycles. The van der Waals surface area contributed by atoms with Crippen LogP contribution in [-0.4, -0.2) is 14.7 Å². The van der Waals surface area contributed by atoms with Crippen LogP contribution in [0.2, 0.25) is 5.02 Å². The highest BCUT2D eigenvalue weighted by molar-refractivity contribution is 6.32. The van der Waals surface area contributed by atoms with Crippen molar-refractivity contribution < 1.29 is 4.92 Å². The maximum Gasteiger partial charge on any atom is 0.288 e. The van der Waals surface area contributed by atoms with Gasteiger partial charge >= 0.3 is 0 Å². The molecule has 0 amide bonds. The van der Waals surface area contributed by atoms with Crippen molar-refractivity contribution in [3.8, 4) is 5.69 Å². The van der Waals surface area contributed by atoms with Crippen LogP contribution < -0.4 is 0 Å². The molecule has 16 heavy (non-hydrogen) atoms. The number of hydrogen-bond donors (Lipinski definition) is 0. The first-order valence-electron chi connectivity index (χ1n) is 4.54. The van der Waals surface area contributed by atoms with Gasteiger partial charge in [-0.3, -0.25) is 10.1 Å². The van der Waals surface area contributed by atoms with Crippen LogP contribution in [0.3, 0.4) is 0 Å². The van der Waals surface area contributed by atoms with Crippen molar-refractivity contribution in [2.45, 2.75) is 6.92 Å². The summed E-state index contributed by atoms with van der Waals surface area (Å²) in [4.78, 5) is 10.2. The minimum absolute atomic E-state index is 0.0879. The topological polar surface area (TPSA) is 61.0 Å². The first-order valence-corrected chi connectivity index (χ1v) is 4.92. The third-order valence-corrected chi connectivity index (χ3v) is 2.52. The third-order valence-electron chi connectivity index (χ3n) is 2.21. The molecule has 1 aromatic carbocycles. The van der Waals surface area contributed by atoms with Crippen molar-refractivity contribution >= 4 is 17.3 Å². The number of rotatable bonds is 2. The molecule has 0 aliphatic heterocycles. The van der Waals surface area contributed by atoms with Crippen molar-refractivity contribution in [2.75, 3.05) is 0 Å². The van der Waals surface area contributed by atoms with Gasteiger partial charge in [-0.25, -0.2) is 4.68 Å². The second-order valence-electron chi connectivity index (χ2n) is 3.30. The number of nitrogens with zero attached hydrogens (tertiary/aromatic N) is 3. The number of benzene rings is 1. The van der Waals surface area contributed by atoms with Gasteiger partial charge in [0, 0.05) is 18.5 Å². The Balaban J connectivity index is 2.59. The Kier molecular flexibility index (Phi) is 2.62. The van der Waals surface area contributed by atoms with Crippen LogP contribution in [0, 0.1) is 17.0 Å². The molecule has 2 rings (SSSR count). The normalized spacial score (nSPS) is 10.4. The van der Waals surface area contributed by atoms with Gasteiger partial charge < -0.3 is 0 Å². The molecule has 0 bridgehead atoms. The molecule has 0 aliphatic carbocycles. The number of nitro benzene ring substituents is 1. The van der Waals surface area contributed by atoms with E-state index in [0.29, 0.717) is 0 Å². The lowest BCUT2D eigenvalue weighted by Gasteiger charge is -2.06. The average molecular weight is 238 g/mol. The molecule has 0 atom stereocenters. The minimum Gasteiger partial charge on any atom is -0.258 e. The molecular formula is C10H8ClN3O2. The Labute approximate surface area is 96.4 Å². The van der Waals surface area contributed by atoms with Crippen LogP contribution in [0.4, 0.5) is 5.69 Å². The van der Waals surface area contributed by atoms with E-state index in [1.807, 2.05) is 0 Å². The van der Waals surface area contributed by atoms with Crippen LogP contribution >= 0.6 is 11.6 Å². The predicted octanol–water partition coefficient (Wildman–Crippen LogP) is 2.74. The van der Waals surface area contributed by atoms with Crippen LogP contribution in [-0.2, 0) is 0 Å². The largest absolute Gasteiger partial charge is 0.288 e. The highest BCUT2D eigenvalue weighted by Gasteiger charge is 2.15. The van der Waals surface area contributed by atoms with Gasteiger partial charge in [-0.2, -0.15) is 5.10 Å². The molecule has 0 saturated heterocycles. The lowest BCUT2D eigenvalue weighted by Crippen LogP contribution is -1.99. The molecular weight excluding hydrogens is 230 g/mol. The molecule has 1 aromatic heterocycles. The van der Waals surface area contributed by atoms with E-state index in [2.05, 4.69) is 5.10 Å². The average Bonchev–Trinajstić information content (AvgIpc) is 2.73. The van der Waals surface area contributed by atoms with E-state index in [1.54, 1.807) is 36.1 Å². The lowest BCUT2D eigenvalue weighted by molar-refractivity contribution is -0.384. The number of hydrogen-bond acceptors (Lipinski definition) is 3. The van der Waals surface area contributed by atoms with Gasteiger partial charge in [-0.15, -0.1) is 0 Å². The van der Waals surface area contributed by atoms with Gasteiger partial charge in [0.05, 0.1) is 10.6 Å². The van der Waals surface area contributed by atoms with Gasteiger partial charge in [0.15, 0.2) is 0 Å². The zero-order valence-corrected chi connectivity index (χ0v) is 9.18. The maximum atomic E-state index is 10.7. The summed E-state index contributed by atoms with van der Waals surface area (Å²) in [5.41, 5.74) is 1.40. The first kappa shape index (κ1) is 10.6. The van der Waals surface area contributed by atoms with E-state index >= 15 is 0 Å². The lowest BCUT2D eigenvalue weighted by atomic mass is 10.2. The zero-order chi connectivity index (χ0) is 11.7. The molecule has 0 saturated carbocycles. The summed E-state index contributed by atoms with van der Waals surface area (Å²) in [6, 6.07) is 4.76. The highest BCUT2D eigenvalue weighted by Crippen LogP contribution is 2.29. The number of halogens is 1. The fourth-order valence-corrected chi connectivity index (χ4v) is 1.68. The molecule has 0 radical (unpaired) electrons. The third kappa shape index (κ3) is 1.77. The summed E-state index contributed by atoms with van der Waals surface area (Å²) in [5.74, 6) is 0. The Hall–Kier alpha value is -1.88. The standard InChI is InChI=1S/C10H8ClN3O2/c1-7-5-10(14(15)16)8(11)6-9(7)13-4-2-3-12-13/h2-6H,1H3. The molecule has 0 N–H and O–H groups in total. The Bertz CT molecular complexity index is 537. The number of nitro groups is 1. The van der Waals surface area contributed by atoms with Crippen LogP contribution in [0.1, 0.15) is 5.56 Å². The summed E-state index contributed by atoms with van der Waals surface area (Å²) < 4.78 is 1.62. The SMILES string of the molecule is Cc1cc([N+](=O)[O-])c(Cl)cc1-n1cccn1. The second-order valence-corrected chi connectivity index (χ2v) is 3.71. The van der Waals surface area contributed by atoms with E-state index in [4.69, 9.17) is 11.6 Å². The molecule has 6 heteroatoms. The molecule has 2 aromatic rings. The van der Waals surface area contributed by atoms with Gasteiger partial charge in [0.25, 0.3) is 5.69 Å². The van der Waals surface area contributed by atoms with Crippen LogP contribution in [0.15, 0.2) is 30.6 Å². The predicted molar refractivity (Wildman–Crippen MR) is 60.0 cm³/mol. The fraction of sp³-hybridized carbons (Fsp3) is 0.100. The van der Waals surface area contributed by atoms with Gasteiger partial charge in [-0.05, 0) is 24.6 Å². The van der Waals surface area contributed by atoms with Crippen LogP contribution in [0.25, 0.3) is 5.69 Å². The van der Waals surface area contributed by atoms with Gasteiger partial charge in [0.1, 0.15) is 5.02 Å². The molecule has 0 aliphatic rings. The minimum atomic E-state index is -0.498. The van der Waals surface area contributed by atoms with E-state index < -0.39 is 4.92 Å². The second kappa shape index (κ2) is 3.94. The smallest absolute Gasteiger partial charge is 0.258 e. The molecule has 0 unspecified atom stereocenters. The quantitative estimate of drug-likeness (QED) is 0.596. The summed E-state index contributed by atoms with van der Waals surface area (Å²) in [7, 11) is 0. The molecule has 0 fully saturated rings. The number of aromatic nitrogens is 2. The van der Waals surface area contributed by atoms with Gasteiger partial charge in [-0.1, -0.05) is 11.6 Å². The zero-order valence-electron chi connectivity index (χ0n) is 8.42. The molecule has 0 spiro atoms. The summed E-state index contributed by atoms with van der Waals surface area (Å²) in [6.07, 6.45) is 3.39. The Morgan fingerprint density at radius 3 is 2.81 bits per heavy atom. The fourth-order valence-electron chi connectivity index (χ4n) is 1.45. The van der Waals surface area contributed by atoms with Crippen LogP contribution in [0.5, 0.6) is 0 Å². The Morgan fingerprint density at radius 1 is 1.50 bits per heavy atom. The van der Waals surface area contributed by atoms with Crippen molar-refractivity contribution in [1.29, 1.82) is 0 Å². The van der Waals surface area contributed by atoms with Crippen molar-refractivity contribution in [3.05, 3.63) is 51.3 Å². The summed E-state index contributed by atoms with van der Waals surface area (Å²) >= 11 is 5.83. The molecule has 82 valence electrons. The first-order chi connectivity index (χ1) is 7.59. The number of aryl methyl sites for hydroxylation is 1. The van der Waals surface area contributed by atoms with Crippen molar-refractivity contribution in [3.63, 3.8) is 0 Å².